The Morgan fingerprint density at radius 1 is 1.05 bits per heavy atom. The molecule has 2 aromatic carbocycles. The third-order valence-corrected chi connectivity index (χ3v) is 2.97. The molecule has 0 fully saturated rings. The molecule has 0 saturated carbocycles. The largest absolute Gasteiger partial charge is 0.478 e. The molecular weight excluding hydrogens is 256 g/mol. The van der Waals surface area contributed by atoms with Crippen LogP contribution in [0.2, 0.25) is 0 Å². The summed E-state index contributed by atoms with van der Waals surface area (Å²) in [5.74, 6) is -1.08. The highest BCUT2D eigenvalue weighted by atomic mass is 16.5. The topological polar surface area (TPSA) is 63.6 Å². The van der Waals surface area contributed by atoms with Crippen LogP contribution < -0.4 is 4.74 Å². The normalized spacial score (nSPS) is 10.1. The Bertz CT molecular complexity index is 660. The number of benzene rings is 2. The van der Waals surface area contributed by atoms with E-state index >= 15 is 0 Å². The van der Waals surface area contributed by atoms with E-state index in [0.29, 0.717) is 16.9 Å². The molecule has 1 N–H and O–H groups in total. The van der Waals surface area contributed by atoms with E-state index in [1.54, 1.807) is 6.92 Å². The Hall–Kier alpha value is -2.62. The molecular formula is C16H14O4. The third-order valence-electron chi connectivity index (χ3n) is 2.97. The van der Waals surface area contributed by atoms with Crippen LogP contribution in [0.4, 0.5) is 0 Å². The second-order valence-corrected chi connectivity index (χ2v) is 4.38. The molecule has 2 aromatic rings. The van der Waals surface area contributed by atoms with Crippen LogP contribution in [0.25, 0.3) is 11.1 Å². The first-order chi connectivity index (χ1) is 9.50. The van der Waals surface area contributed by atoms with Gasteiger partial charge < -0.3 is 9.84 Å². The molecule has 0 saturated heterocycles. The number of carbonyl (C=O) groups excluding carboxylic acids is 1. The summed E-state index contributed by atoms with van der Waals surface area (Å²) in [6.07, 6.45) is 0. The van der Waals surface area contributed by atoms with Crippen LogP contribution in [0.5, 0.6) is 5.75 Å². The van der Waals surface area contributed by atoms with Crippen LogP contribution >= 0.6 is 0 Å². The maximum Gasteiger partial charge on any atom is 0.335 e. The van der Waals surface area contributed by atoms with Crippen molar-refractivity contribution in [3.8, 4) is 16.9 Å². The Labute approximate surface area is 116 Å². The summed E-state index contributed by atoms with van der Waals surface area (Å²) in [6, 6.07) is 12.2. The minimum Gasteiger partial charge on any atom is -0.478 e. The molecule has 0 radical (unpaired) electrons. The van der Waals surface area contributed by atoms with Gasteiger partial charge >= 0.3 is 11.9 Å². The number of hydrogen-bond acceptors (Lipinski definition) is 3. The molecule has 0 aromatic heterocycles. The van der Waals surface area contributed by atoms with Gasteiger partial charge in [-0.3, -0.25) is 4.79 Å². The summed E-state index contributed by atoms with van der Waals surface area (Å²) in [7, 11) is 0. The van der Waals surface area contributed by atoms with Crippen molar-refractivity contribution >= 4 is 11.9 Å². The lowest BCUT2D eigenvalue weighted by Crippen LogP contribution is -2.07. The van der Waals surface area contributed by atoms with Crippen LogP contribution in [0, 0.1) is 6.92 Å². The number of carboxylic acids is 1. The van der Waals surface area contributed by atoms with Gasteiger partial charge in [-0.25, -0.2) is 4.79 Å². The Balaban J connectivity index is 2.69. The van der Waals surface area contributed by atoms with Gasteiger partial charge in [-0.15, -0.1) is 0 Å². The molecule has 0 aliphatic heterocycles. The van der Waals surface area contributed by atoms with Crippen molar-refractivity contribution in [2.75, 3.05) is 0 Å². The monoisotopic (exact) mass is 270 g/mol. The zero-order valence-electron chi connectivity index (χ0n) is 11.2. The fourth-order valence-corrected chi connectivity index (χ4v) is 2.12. The minimum absolute atomic E-state index is 0.194. The predicted octanol–water partition coefficient (Wildman–Crippen LogP) is 3.29. The van der Waals surface area contributed by atoms with E-state index in [2.05, 4.69) is 0 Å². The predicted molar refractivity (Wildman–Crippen MR) is 74.9 cm³/mol. The Morgan fingerprint density at radius 2 is 1.70 bits per heavy atom. The van der Waals surface area contributed by atoms with Crippen molar-refractivity contribution in [1.82, 2.24) is 0 Å². The maximum atomic E-state index is 11.2. The van der Waals surface area contributed by atoms with Gasteiger partial charge in [-0.2, -0.15) is 0 Å². The molecule has 0 unspecified atom stereocenters. The van der Waals surface area contributed by atoms with Crippen molar-refractivity contribution in [3.05, 3.63) is 53.6 Å². The van der Waals surface area contributed by atoms with Crippen molar-refractivity contribution in [3.63, 3.8) is 0 Å². The lowest BCUT2D eigenvalue weighted by molar-refractivity contribution is -0.131. The number of aromatic carboxylic acids is 1. The first kappa shape index (κ1) is 13.8. The minimum atomic E-state index is -1.01. The molecule has 2 rings (SSSR count). The van der Waals surface area contributed by atoms with Crippen LogP contribution in [0.15, 0.2) is 42.5 Å². The van der Waals surface area contributed by atoms with E-state index in [1.165, 1.54) is 19.1 Å². The number of hydrogen-bond donors (Lipinski definition) is 1. The molecule has 0 amide bonds. The fourth-order valence-electron chi connectivity index (χ4n) is 2.12. The average Bonchev–Trinajstić information content (AvgIpc) is 2.39. The van der Waals surface area contributed by atoms with E-state index in [1.807, 2.05) is 30.3 Å². The highest BCUT2D eigenvalue weighted by Crippen LogP contribution is 2.35. The van der Waals surface area contributed by atoms with E-state index in [-0.39, 0.29) is 5.56 Å². The van der Waals surface area contributed by atoms with Crippen LogP contribution in [-0.4, -0.2) is 17.0 Å². The maximum absolute atomic E-state index is 11.2. The van der Waals surface area contributed by atoms with Gasteiger partial charge in [0, 0.05) is 12.5 Å². The van der Waals surface area contributed by atoms with Gasteiger partial charge in [0.2, 0.25) is 0 Å². The lowest BCUT2D eigenvalue weighted by atomic mass is 9.95. The van der Waals surface area contributed by atoms with Gasteiger partial charge in [0.15, 0.2) is 0 Å². The molecule has 0 atom stereocenters. The summed E-state index contributed by atoms with van der Waals surface area (Å²) >= 11 is 0. The summed E-state index contributed by atoms with van der Waals surface area (Å²) < 4.78 is 5.18. The Morgan fingerprint density at radius 3 is 2.25 bits per heavy atom. The molecule has 0 aliphatic rings. The zero-order valence-corrected chi connectivity index (χ0v) is 11.2. The third kappa shape index (κ3) is 2.69. The number of rotatable bonds is 3. The summed E-state index contributed by atoms with van der Waals surface area (Å²) in [5, 5.41) is 9.20. The molecule has 0 heterocycles. The average molecular weight is 270 g/mol. The first-order valence-electron chi connectivity index (χ1n) is 6.11. The standard InChI is InChI=1S/C16H14O4/c1-10-13(16(18)19)8-9-14(20-11(2)17)15(10)12-6-4-3-5-7-12/h3-9H,1-2H3,(H,18,19). The quantitative estimate of drug-likeness (QED) is 0.686. The van der Waals surface area contributed by atoms with E-state index in [4.69, 9.17) is 4.74 Å². The molecule has 4 heteroatoms. The van der Waals surface area contributed by atoms with Crippen LogP contribution in [0.3, 0.4) is 0 Å². The van der Waals surface area contributed by atoms with Crippen LogP contribution in [0.1, 0.15) is 22.8 Å². The van der Waals surface area contributed by atoms with Gasteiger partial charge in [-0.05, 0) is 30.2 Å². The number of ether oxygens (including phenoxy) is 1. The number of carbonyl (C=O) groups is 2. The summed E-state index contributed by atoms with van der Waals surface area (Å²) in [4.78, 5) is 22.4. The Kier molecular flexibility index (Phi) is 3.84. The van der Waals surface area contributed by atoms with Crippen molar-refractivity contribution in [2.45, 2.75) is 13.8 Å². The number of carboxylic acid groups (broad SMARTS) is 1. The molecule has 0 bridgehead atoms. The number of esters is 1. The van der Waals surface area contributed by atoms with Gasteiger partial charge in [0.05, 0.1) is 5.56 Å². The molecule has 20 heavy (non-hydrogen) atoms. The van der Waals surface area contributed by atoms with Crippen molar-refractivity contribution < 1.29 is 19.4 Å². The van der Waals surface area contributed by atoms with E-state index in [9.17, 15) is 14.7 Å². The second-order valence-electron chi connectivity index (χ2n) is 4.38. The SMILES string of the molecule is CC(=O)Oc1ccc(C(=O)O)c(C)c1-c1ccccc1. The van der Waals surface area contributed by atoms with Crippen LogP contribution in [-0.2, 0) is 4.79 Å². The van der Waals surface area contributed by atoms with Crippen molar-refractivity contribution in [2.24, 2.45) is 0 Å². The summed E-state index contributed by atoms with van der Waals surface area (Å²) in [6.45, 7) is 3.02. The zero-order chi connectivity index (χ0) is 14.7. The molecule has 4 nitrogen and oxygen atoms in total. The highest BCUT2D eigenvalue weighted by molar-refractivity contribution is 5.93. The smallest absolute Gasteiger partial charge is 0.335 e. The lowest BCUT2D eigenvalue weighted by Gasteiger charge is -2.14. The van der Waals surface area contributed by atoms with E-state index < -0.39 is 11.9 Å². The highest BCUT2D eigenvalue weighted by Gasteiger charge is 2.17. The first-order valence-corrected chi connectivity index (χ1v) is 6.11. The molecule has 0 aliphatic carbocycles. The summed E-state index contributed by atoms with van der Waals surface area (Å²) in [5.41, 5.74) is 2.20. The van der Waals surface area contributed by atoms with Gasteiger partial charge in [0.25, 0.3) is 0 Å². The fraction of sp³-hybridized carbons (Fsp3) is 0.125. The van der Waals surface area contributed by atoms with E-state index in [0.717, 1.165) is 5.56 Å². The second kappa shape index (κ2) is 5.57. The molecule has 102 valence electrons. The molecule has 0 spiro atoms. The van der Waals surface area contributed by atoms with Gasteiger partial charge in [-0.1, -0.05) is 30.3 Å². The van der Waals surface area contributed by atoms with Gasteiger partial charge in [0.1, 0.15) is 5.75 Å². The van der Waals surface area contributed by atoms with Crippen molar-refractivity contribution in [1.29, 1.82) is 0 Å².